The standard InChI is InChI=1S/C27H30ClNO4.C21H26ClNO3.C18H20BrNO3.C5H4BrNO/c1-4-8-21-11-13-25(24(28)16-21)33-23-12-14-26(29-17-23)32-20(3)19(2)15-27(30)31-18-22-9-6-5-7-10-22;1-5-6-17-7-9-20(19(22)12-17)26-18-8-10-21(23-13-18)25-16(4)14(2)11-15(3)24;1-13(14(2)23-17-9-8-16(19)11-20-17)10-18(21)22-12-15-6-4-3-5-7-15;6-4-1-2-5(8)7-3-4/h5-7,9-14,16-17,19-20H,4,8,15,18H2,1-3H3;7-10,12-14,16H,5-6,11H2,1-4H3;3-9,11,13-14H,10,12H2,1-2H3;1-3H,(H,7,8)/t19-,20+;14-,16+;13-,14+;/m111./s1. The maximum absolute atomic E-state index is 12.2. The Labute approximate surface area is 555 Å². The molecule has 0 spiro atoms. The Balaban J connectivity index is 0.000000234. The molecule has 0 fully saturated rings. The molecule has 0 aliphatic heterocycles. The van der Waals surface area contributed by atoms with Crippen molar-refractivity contribution in [1.82, 2.24) is 19.9 Å². The van der Waals surface area contributed by atoms with Crippen LogP contribution in [0.1, 0.15) is 117 Å². The largest absolute Gasteiger partial charge is 0.474 e. The molecule has 4 aromatic carbocycles. The first kappa shape index (κ1) is 73.2. The molecule has 0 aliphatic carbocycles. The lowest BCUT2D eigenvalue weighted by molar-refractivity contribution is -0.147. The van der Waals surface area contributed by atoms with Gasteiger partial charge in [0.1, 0.15) is 60.3 Å². The maximum atomic E-state index is 12.2. The fourth-order valence-corrected chi connectivity index (χ4v) is 9.17. The summed E-state index contributed by atoms with van der Waals surface area (Å²) in [6.45, 7) is 18.1. The van der Waals surface area contributed by atoms with E-state index in [9.17, 15) is 19.2 Å². The van der Waals surface area contributed by atoms with E-state index >= 15 is 0 Å². The monoisotopic (exact) mass is 1390 g/mol. The molecule has 4 heterocycles. The summed E-state index contributed by atoms with van der Waals surface area (Å²) in [5, 5.41) is 1.16. The van der Waals surface area contributed by atoms with E-state index in [1.807, 2.05) is 145 Å². The third-order valence-electron chi connectivity index (χ3n) is 13.8. The molecule has 0 aliphatic rings. The minimum absolute atomic E-state index is 0.0312. The van der Waals surface area contributed by atoms with Crippen molar-refractivity contribution in [3.63, 3.8) is 0 Å². The van der Waals surface area contributed by atoms with Crippen molar-refractivity contribution in [2.24, 2.45) is 17.8 Å². The van der Waals surface area contributed by atoms with Crippen molar-refractivity contribution in [2.75, 3.05) is 0 Å². The average Bonchev–Trinajstić information content (AvgIpc) is 2.38. The van der Waals surface area contributed by atoms with Crippen molar-refractivity contribution in [3.8, 4) is 40.6 Å². The summed E-state index contributed by atoms with van der Waals surface area (Å²) in [5.41, 5.74) is 4.25. The van der Waals surface area contributed by atoms with Crippen LogP contribution in [0, 0.1) is 17.8 Å². The number of hydrogen-bond acceptors (Lipinski definition) is 14. The fraction of sp³-hybridized carbons (Fsp3) is 0.338. The number of ketones is 1. The molecule has 4 aromatic heterocycles. The zero-order valence-corrected chi connectivity index (χ0v) is 57.0. The number of benzene rings is 4. The van der Waals surface area contributed by atoms with Crippen LogP contribution in [0.5, 0.6) is 40.6 Å². The first-order valence-corrected chi connectivity index (χ1v) is 32.2. The number of halogens is 4. The lowest BCUT2D eigenvalue weighted by Gasteiger charge is -2.20. The first-order valence-electron chi connectivity index (χ1n) is 29.9. The van der Waals surface area contributed by atoms with Gasteiger partial charge < -0.3 is 42.9 Å². The number of pyridine rings is 4. The molecule has 6 atom stereocenters. The normalized spacial score (nSPS) is 12.6. The van der Waals surface area contributed by atoms with Gasteiger partial charge >= 0.3 is 11.9 Å². The highest BCUT2D eigenvalue weighted by Crippen LogP contribution is 2.33. The highest BCUT2D eigenvalue weighted by Gasteiger charge is 2.22. The van der Waals surface area contributed by atoms with Gasteiger partial charge in [0.05, 0.1) is 35.3 Å². The Morgan fingerprint density at radius 3 is 1.22 bits per heavy atom. The van der Waals surface area contributed by atoms with Gasteiger partial charge in [-0.25, -0.2) is 15.0 Å². The lowest BCUT2D eigenvalue weighted by Crippen LogP contribution is -2.24. The second kappa shape index (κ2) is 39.5. The van der Waals surface area contributed by atoms with Crippen LogP contribution in [-0.2, 0) is 49.9 Å². The molecule has 0 radical (unpaired) electrons. The van der Waals surface area contributed by atoms with Gasteiger partial charge in [-0.05, 0) is 149 Å². The van der Waals surface area contributed by atoms with Gasteiger partial charge in [0.25, 0.3) is 0 Å². The smallest absolute Gasteiger partial charge is 0.306 e. The van der Waals surface area contributed by atoms with E-state index in [0.717, 1.165) is 45.8 Å². The number of aryl methyl sites for hydroxylation is 2. The molecule has 1 N–H and O–H groups in total. The van der Waals surface area contributed by atoms with E-state index in [1.165, 1.54) is 17.2 Å². The van der Waals surface area contributed by atoms with Gasteiger partial charge in [0.2, 0.25) is 23.2 Å². The van der Waals surface area contributed by atoms with Crippen molar-refractivity contribution in [2.45, 2.75) is 139 Å². The Hall–Kier alpha value is -7.57. The number of esters is 2. The van der Waals surface area contributed by atoms with Gasteiger partial charge in [-0.2, -0.15) is 0 Å². The van der Waals surface area contributed by atoms with Crippen LogP contribution < -0.4 is 29.2 Å². The lowest BCUT2D eigenvalue weighted by atomic mass is 10.00. The number of aromatic amines is 1. The number of carbonyl (C=O) groups is 3. The molecule has 0 saturated heterocycles. The van der Waals surface area contributed by atoms with Crippen molar-refractivity contribution >= 4 is 72.8 Å². The average molecular weight is 1400 g/mol. The van der Waals surface area contributed by atoms with E-state index in [0.29, 0.717) is 70.1 Å². The number of aromatic nitrogens is 4. The summed E-state index contributed by atoms with van der Waals surface area (Å²) >= 11 is 19.1. The van der Waals surface area contributed by atoms with Crippen LogP contribution in [0.2, 0.25) is 10.0 Å². The molecule has 0 unspecified atom stereocenters. The fourth-order valence-electron chi connectivity index (χ4n) is 8.20. The summed E-state index contributed by atoms with van der Waals surface area (Å²) in [6, 6.07) is 44.8. The highest BCUT2D eigenvalue weighted by molar-refractivity contribution is 9.10. The number of ether oxygens (including phenoxy) is 7. The quantitative estimate of drug-likeness (QED) is 0.0479. The molecule has 15 nitrogen and oxygen atoms in total. The molecule has 19 heteroatoms. The van der Waals surface area contributed by atoms with Gasteiger partial charge in [-0.3, -0.25) is 14.4 Å². The summed E-state index contributed by atoms with van der Waals surface area (Å²) < 4.78 is 41.6. The summed E-state index contributed by atoms with van der Waals surface area (Å²) in [7, 11) is 0. The van der Waals surface area contributed by atoms with Gasteiger partial charge in [-0.15, -0.1) is 0 Å². The number of hydrogen-bond donors (Lipinski definition) is 1. The Bertz CT molecular complexity index is 3460. The molecular formula is C71H80Br2Cl2N4O11. The second-order valence-corrected chi connectivity index (χ2v) is 24.2. The summed E-state index contributed by atoms with van der Waals surface area (Å²) in [5.74, 6) is 3.67. The third-order valence-corrected chi connectivity index (χ3v) is 15.3. The Kier molecular flexibility index (Phi) is 32.1. The minimum Gasteiger partial charge on any atom is -0.474 e. The zero-order valence-electron chi connectivity index (χ0n) is 52.3. The third kappa shape index (κ3) is 28.1. The molecule has 8 aromatic rings. The number of carbonyl (C=O) groups excluding carboxylic acids is 3. The second-order valence-electron chi connectivity index (χ2n) is 21.6. The number of rotatable bonds is 27. The Morgan fingerprint density at radius 1 is 0.489 bits per heavy atom. The molecule has 0 bridgehead atoms. The van der Waals surface area contributed by atoms with Gasteiger partial charge in [0, 0.05) is 63.9 Å². The predicted molar refractivity (Wildman–Crippen MR) is 361 cm³/mol. The van der Waals surface area contributed by atoms with Crippen LogP contribution in [0.25, 0.3) is 0 Å². The van der Waals surface area contributed by atoms with Gasteiger partial charge in [0.15, 0.2) is 0 Å². The topological polar surface area (TPSA) is 187 Å². The van der Waals surface area contributed by atoms with Gasteiger partial charge in [-0.1, -0.05) is 143 Å². The molecular weight excluding hydrogens is 1320 g/mol. The van der Waals surface area contributed by atoms with E-state index in [2.05, 4.69) is 65.6 Å². The van der Waals surface area contributed by atoms with Crippen molar-refractivity contribution in [1.29, 1.82) is 0 Å². The van der Waals surface area contributed by atoms with Crippen molar-refractivity contribution in [3.05, 3.63) is 222 Å². The van der Waals surface area contributed by atoms with E-state index in [1.54, 1.807) is 68.1 Å². The van der Waals surface area contributed by atoms with Crippen LogP contribution in [-0.4, -0.2) is 56.0 Å². The van der Waals surface area contributed by atoms with Crippen molar-refractivity contribution < 1.29 is 47.5 Å². The predicted octanol–water partition coefficient (Wildman–Crippen LogP) is 18.4. The van der Waals surface area contributed by atoms with E-state index in [-0.39, 0.29) is 72.4 Å². The number of H-pyrrole nitrogens is 1. The highest BCUT2D eigenvalue weighted by atomic mass is 79.9. The maximum Gasteiger partial charge on any atom is 0.306 e. The summed E-state index contributed by atoms with van der Waals surface area (Å²) in [4.78, 5) is 60.9. The molecule has 478 valence electrons. The molecule has 90 heavy (non-hydrogen) atoms. The van der Waals surface area contributed by atoms with Crippen LogP contribution in [0.4, 0.5) is 0 Å². The Morgan fingerprint density at radius 2 is 0.889 bits per heavy atom. The SMILES string of the molecule is CCCc1ccc(Oc2ccc(O[C@@H](C)[C@H](C)CC(=O)OCc3ccccc3)nc2)c(Cl)c1.CCCc1ccc(Oc2ccc(O[C@@H](C)[C@H](C)CC(C)=O)nc2)c(Cl)c1.C[C@H](CC(=O)OCc1ccccc1)[C@H](C)Oc1ccc(Br)cn1.O=c1ccc(Br)c[nH]1. The van der Waals surface area contributed by atoms with Crippen LogP contribution in [0.3, 0.4) is 0 Å². The zero-order chi connectivity index (χ0) is 65.4. The van der Waals surface area contributed by atoms with E-state index < -0.39 is 0 Å². The number of Topliss-reactive ketones (excluding diaryl/α,β-unsaturated/α-hetero) is 1. The minimum atomic E-state index is -0.250. The molecule has 0 saturated carbocycles. The van der Waals surface area contributed by atoms with Crippen LogP contribution >= 0.6 is 55.1 Å². The first-order chi connectivity index (χ1) is 43.2. The van der Waals surface area contributed by atoms with Crippen LogP contribution in [0.15, 0.2) is 184 Å². The molecule has 0 amide bonds. The summed E-state index contributed by atoms with van der Waals surface area (Å²) in [6.07, 6.45) is 11.2. The van der Waals surface area contributed by atoms with E-state index in [4.69, 9.17) is 56.4 Å². The number of nitrogens with zero attached hydrogens (tertiary/aromatic N) is 3. The number of nitrogens with one attached hydrogen (secondary N) is 1. The molecule has 8 rings (SSSR count).